The highest BCUT2D eigenvalue weighted by Crippen LogP contribution is 2.30. The van der Waals surface area contributed by atoms with Gasteiger partial charge in [0.1, 0.15) is 6.10 Å². The Kier molecular flexibility index (Phi) is 5.04. The first-order valence-electron chi connectivity index (χ1n) is 9.41. The van der Waals surface area contributed by atoms with Gasteiger partial charge < -0.3 is 14.5 Å². The van der Waals surface area contributed by atoms with Gasteiger partial charge in [-0.15, -0.1) is 0 Å². The molecular formula is C19H25N5O2. The van der Waals surface area contributed by atoms with E-state index in [1.54, 1.807) is 10.9 Å². The van der Waals surface area contributed by atoms with Gasteiger partial charge in [-0.2, -0.15) is 5.10 Å². The Morgan fingerprint density at radius 1 is 1.19 bits per heavy atom. The third kappa shape index (κ3) is 3.81. The van der Waals surface area contributed by atoms with E-state index in [0.29, 0.717) is 19.5 Å². The monoisotopic (exact) mass is 355 g/mol. The zero-order chi connectivity index (χ0) is 17.8. The maximum absolute atomic E-state index is 12.4. The number of carbonyl (C=O) groups is 1. The molecule has 2 aromatic heterocycles. The van der Waals surface area contributed by atoms with Crippen LogP contribution in [0.1, 0.15) is 25.7 Å². The number of pyridine rings is 1. The van der Waals surface area contributed by atoms with Crippen LogP contribution in [0.15, 0.2) is 36.8 Å². The molecule has 4 rings (SSSR count). The second-order valence-corrected chi connectivity index (χ2v) is 6.91. The van der Waals surface area contributed by atoms with Crippen LogP contribution in [0.3, 0.4) is 0 Å². The molecule has 0 unspecified atom stereocenters. The Morgan fingerprint density at radius 2 is 2.08 bits per heavy atom. The van der Waals surface area contributed by atoms with Crippen molar-refractivity contribution in [1.29, 1.82) is 0 Å². The molecular weight excluding hydrogens is 330 g/mol. The molecule has 1 atom stereocenters. The molecule has 2 aliphatic heterocycles. The van der Waals surface area contributed by atoms with E-state index in [9.17, 15) is 4.79 Å². The highest BCUT2D eigenvalue weighted by Gasteiger charge is 2.28. The lowest BCUT2D eigenvalue weighted by Gasteiger charge is -2.22. The molecule has 0 aromatic carbocycles. The predicted octanol–water partition coefficient (Wildman–Crippen LogP) is 1.95. The topological polar surface area (TPSA) is 63.5 Å². The molecule has 0 N–H and O–H groups in total. The zero-order valence-electron chi connectivity index (χ0n) is 15.0. The second kappa shape index (κ2) is 7.76. The van der Waals surface area contributed by atoms with Crippen molar-refractivity contribution in [3.05, 3.63) is 36.8 Å². The minimum atomic E-state index is 0.0363. The normalized spacial score (nSPS) is 19.9. The minimum Gasteiger partial charge on any atom is -0.485 e. The van der Waals surface area contributed by atoms with Crippen LogP contribution in [0.5, 0.6) is 5.75 Å². The lowest BCUT2D eigenvalue weighted by atomic mass is 10.3. The highest BCUT2D eigenvalue weighted by molar-refractivity contribution is 5.76. The van der Waals surface area contributed by atoms with Crippen LogP contribution in [-0.4, -0.2) is 57.9 Å². The number of aryl methyl sites for hydroxylation is 1. The van der Waals surface area contributed by atoms with Crippen molar-refractivity contribution >= 4 is 11.7 Å². The summed E-state index contributed by atoms with van der Waals surface area (Å²) in [4.78, 5) is 21.1. The summed E-state index contributed by atoms with van der Waals surface area (Å²) in [5.41, 5.74) is 0. The molecule has 0 saturated carbocycles. The molecule has 4 heterocycles. The van der Waals surface area contributed by atoms with Gasteiger partial charge in [0.05, 0.1) is 6.54 Å². The molecule has 0 bridgehead atoms. The van der Waals surface area contributed by atoms with E-state index in [4.69, 9.17) is 4.74 Å². The number of anilines is 1. The van der Waals surface area contributed by atoms with E-state index in [1.165, 1.54) is 12.8 Å². The third-order valence-corrected chi connectivity index (χ3v) is 5.06. The molecule has 0 aliphatic carbocycles. The van der Waals surface area contributed by atoms with E-state index in [2.05, 4.69) is 15.0 Å². The van der Waals surface area contributed by atoms with Gasteiger partial charge in [-0.25, -0.2) is 4.98 Å². The molecule has 138 valence electrons. The first-order valence-corrected chi connectivity index (χ1v) is 9.41. The number of amides is 1. The summed E-state index contributed by atoms with van der Waals surface area (Å²) in [6, 6.07) is 5.77. The van der Waals surface area contributed by atoms with Crippen molar-refractivity contribution in [3.63, 3.8) is 0 Å². The maximum Gasteiger partial charge on any atom is 0.224 e. The Morgan fingerprint density at radius 3 is 2.88 bits per heavy atom. The fourth-order valence-corrected chi connectivity index (χ4v) is 3.67. The molecule has 0 spiro atoms. The predicted molar refractivity (Wildman–Crippen MR) is 98.1 cm³/mol. The largest absolute Gasteiger partial charge is 0.485 e. The zero-order valence-corrected chi connectivity index (χ0v) is 15.0. The number of rotatable bonds is 6. The lowest BCUT2D eigenvalue weighted by Crippen LogP contribution is -2.31. The number of hydrogen-bond donors (Lipinski definition) is 0. The van der Waals surface area contributed by atoms with Crippen LogP contribution >= 0.6 is 0 Å². The van der Waals surface area contributed by atoms with Crippen LogP contribution in [0.2, 0.25) is 0 Å². The smallest absolute Gasteiger partial charge is 0.224 e. The summed E-state index contributed by atoms with van der Waals surface area (Å²) < 4.78 is 8.03. The molecule has 26 heavy (non-hydrogen) atoms. The van der Waals surface area contributed by atoms with Gasteiger partial charge in [0, 0.05) is 57.6 Å². The molecule has 2 saturated heterocycles. The molecule has 2 aromatic rings. The van der Waals surface area contributed by atoms with Crippen molar-refractivity contribution in [2.75, 3.05) is 31.1 Å². The van der Waals surface area contributed by atoms with Crippen molar-refractivity contribution in [1.82, 2.24) is 19.7 Å². The fraction of sp³-hybridized carbons (Fsp3) is 0.526. The summed E-state index contributed by atoms with van der Waals surface area (Å²) >= 11 is 0. The van der Waals surface area contributed by atoms with Gasteiger partial charge in [-0.3, -0.25) is 9.48 Å². The molecule has 0 radical (unpaired) electrons. The summed E-state index contributed by atoms with van der Waals surface area (Å²) in [7, 11) is 0. The number of aromatic nitrogens is 3. The third-order valence-electron chi connectivity index (χ3n) is 5.06. The number of nitrogens with zero attached hydrogens (tertiary/aromatic N) is 5. The molecule has 2 aliphatic rings. The van der Waals surface area contributed by atoms with E-state index >= 15 is 0 Å². The van der Waals surface area contributed by atoms with Gasteiger partial charge in [-0.1, -0.05) is 0 Å². The standard InChI is InChI=1S/C19H25N5O2/c25-18(7-14-24-12-4-9-21-24)23-13-6-16(15-23)26-17-5-3-8-20-19(17)22-10-1-2-11-22/h3-5,8-9,12,16H,1-2,6-7,10-11,13-15H2/t16-/m0/s1. The molecule has 1 amide bonds. The first-order chi connectivity index (χ1) is 12.8. The van der Waals surface area contributed by atoms with E-state index in [-0.39, 0.29) is 12.0 Å². The van der Waals surface area contributed by atoms with E-state index in [0.717, 1.165) is 37.6 Å². The van der Waals surface area contributed by atoms with Crippen molar-refractivity contribution in [3.8, 4) is 5.75 Å². The fourth-order valence-electron chi connectivity index (χ4n) is 3.67. The van der Waals surface area contributed by atoms with Crippen LogP contribution in [0, 0.1) is 0 Å². The summed E-state index contributed by atoms with van der Waals surface area (Å²) in [5, 5.41) is 4.14. The number of likely N-dealkylation sites (tertiary alicyclic amines) is 1. The van der Waals surface area contributed by atoms with Gasteiger partial charge in [0.15, 0.2) is 11.6 Å². The van der Waals surface area contributed by atoms with Crippen molar-refractivity contribution in [2.24, 2.45) is 0 Å². The second-order valence-electron chi connectivity index (χ2n) is 6.91. The first kappa shape index (κ1) is 16.9. The Bertz CT molecular complexity index is 727. The van der Waals surface area contributed by atoms with Gasteiger partial charge in [0.25, 0.3) is 0 Å². The average Bonchev–Trinajstić information content (AvgIpc) is 3.42. The van der Waals surface area contributed by atoms with Crippen LogP contribution in [0.25, 0.3) is 0 Å². The number of carbonyl (C=O) groups excluding carboxylic acids is 1. The Balaban J connectivity index is 1.32. The average molecular weight is 355 g/mol. The van der Waals surface area contributed by atoms with Gasteiger partial charge in [-0.05, 0) is 31.0 Å². The Labute approximate surface area is 153 Å². The van der Waals surface area contributed by atoms with Gasteiger partial charge in [0.2, 0.25) is 5.91 Å². The summed E-state index contributed by atoms with van der Waals surface area (Å²) in [5.74, 6) is 1.94. The van der Waals surface area contributed by atoms with E-state index in [1.807, 2.05) is 35.5 Å². The van der Waals surface area contributed by atoms with Crippen molar-refractivity contribution < 1.29 is 9.53 Å². The summed E-state index contributed by atoms with van der Waals surface area (Å²) in [6.07, 6.45) is 9.22. The Hall–Kier alpha value is -2.57. The highest BCUT2D eigenvalue weighted by atomic mass is 16.5. The lowest BCUT2D eigenvalue weighted by molar-refractivity contribution is -0.130. The summed E-state index contributed by atoms with van der Waals surface area (Å²) in [6.45, 7) is 4.09. The van der Waals surface area contributed by atoms with Gasteiger partial charge >= 0.3 is 0 Å². The van der Waals surface area contributed by atoms with Crippen LogP contribution in [-0.2, 0) is 11.3 Å². The quantitative estimate of drug-likeness (QED) is 0.792. The number of hydrogen-bond acceptors (Lipinski definition) is 5. The molecule has 7 nitrogen and oxygen atoms in total. The maximum atomic E-state index is 12.4. The SMILES string of the molecule is O=C(CCn1cccn1)N1CC[C@H](Oc2cccnc2N2CCCC2)C1. The molecule has 7 heteroatoms. The van der Waals surface area contributed by atoms with Crippen LogP contribution < -0.4 is 9.64 Å². The number of ether oxygens (including phenoxy) is 1. The molecule has 2 fully saturated rings. The van der Waals surface area contributed by atoms with E-state index < -0.39 is 0 Å². The van der Waals surface area contributed by atoms with Crippen molar-refractivity contribution in [2.45, 2.75) is 38.3 Å². The minimum absolute atomic E-state index is 0.0363. The van der Waals surface area contributed by atoms with Crippen LogP contribution in [0.4, 0.5) is 5.82 Å².